The van der Waals surface area contributed by atoms with Crippen molar-refractivity contribution in [3.05, 3.63) is 65.7 Å². The van der Waals surface area contributed by atoms with E-state index in [0.717, 1.165) is 69.5 Å². The molecular weight excluding hydrogens is 458 g/mol. The summed E-state index contributed by atoms with van der Waals surface area (Å²) in [6.45, 7) is 5.05. The molecule has 0 aliphatic rings. The number of nitrogens with two attached hydrogens (primary N) is 1. The minimum Gasteiger partial charge on any atom is -0.508 e. The van der Waals surface area contributed by atoms with Crippen LogP contribution in [0.25, 0.3) is 0 Å². The maximum atomic E-state index is 12.8. The maximum absolute atomic E-state index is 12.8. The molecule has 7 N–H and O–H groups in total. The fraction of sp³-hybridized carbons (Fsp3) is 0.481. The molecule has 0 aliphatic carbocycles. The highest BCUT2D eigenvalue weighted by molar-refractivity contribution is 5.85. The lowest BCUT2D eigenvalue weighted by molar-refractivity contribution is -0.123. The number of phenols is 1. The molecule has 36 heavy (non-hydrogen) atoms. The molecule has 0 aliphatic heterocycles. The lowest BCUT2D eigenvalue weighted by Gasteiger charge is -2.19. The second-order valence-corrected chi connectivity index (χ2v) is 8.62. The lowest BCUT2D eigenvalue weighted by Crippen LogP contribution is -2.48. The molecule has 0 unspecified atom stereocenters. The summed E-state index contributed by atoms with van der Waals surface area (Å²) in [6, 6.07) is 15.1. The van der Waals surface area contributed by atoms with Gasteiger partial charge in [0.1, 0.15) is 18.4 Å². The van der Waals surface area contributed by atoms with Gasteiger partial charge in [-0.3, -0.25) is 4.79 Å². The van der Waals surface area contributed by atoms with E-state index in [1.807, 2.05) is 30.3 Å². The molecule has 2 aromatic rings. The predicted octanol–water partition coefficient (Wildman–Crippen LogP) is 2.04. The summed E-state index contributed by atoms with van der Waals surface area (Å²) in [6.07, 6.45) is 3.61. The molecule has 9 heteroatoms. The van der Waals surface area contributed by atoms with Gasteiger partial charge in [0, 0.05) is 13.0 Å². The number of amides is 2. The van der Waals surface area contributed by atoms with Crippen molar-refractivity contribution in [2.75, 3.05) is 39.3 Å². The SMILES string of the molecule is NCCCNCCCCNCCCNC(=O)[C@H](Cc1ccc(O)cc1)NC(=O)OCc1ccccc1. The van der Waals surface area contributed by atoms with Crippen LogP contribution in [0.3, 0.4) is 0 Å². The molecule has 1 atom stereocenters. The third kappa shape index (κ3) is 13.1. The van der Waals surface area contributed by atoms with Crippen LogP contribution >= 0.6 is 0 Å². The number of nitrogens with one attached hydrogen (secondary N) is 4. The van der Waals surface area contributed by atoms with Gasteiger partial charge in [0.15, 0.2) is 0 Å². The number of aromatic hydroxyl groups is 1. The Bertz CT molecular complexity index is 864. The van der Waals surface area contributed by atoms with Crippen molar-refractivity contribution >= 4 is 12.0 Å². The average molecular weight is 500 g/mol. The number of carbonyl (C=O) groups excluding carboxylic acids is 2. The first-order valence-electron chi connectivity index (χ1n) is 12.7. The largest absolute Gasteiger partial charge is 0.508 e. The quantitative estimate of drug-likeness (QED) is 0.173. The Kier molecular flexibility index (Phi) is 14.7. The lowest BCUT2D eigenvalue weighted by atomic mass is 10.1. The van der Waals surface area contributed by atoms with Crippen LogP contribution in [-0.4, -0.2) is 62.4 Å². The van der Waals surface area contributed by atoms with Gasteiger partial charge in [-0.05, 0) is 81.7 Å². The highest BCUT2D eigenvalue weighted by atomic mass is 16.5. The minimum atomic E-state index is -0.794. The number of hydrogen-bond acceptors (Lipinski definition) is 7. The first kappa shape index (κ1) is 29.1. The van der Waals surface area contributed by atoms with Crippen LogP contribution in [0.1, 0.15) is 36.8 Å². The highest BCUT2D eigenvalue weighted by Gasteiger charge is 2.22. The summed E-state index contributed by atoms with van der Waals surface area (Å²) in [5, 5.41) is 21.9. The van der Waals surface area contributed by atoms with Crippen molar-refractivity contribution in [3.63, 3.8) is 0 Å². The Hall–Kier alpha value is -3.14. The number of carbonyl (C=O) groups is 2. The number of ether oxygens (including phenoxy) is 1. The number of phenolic OH excluding ortho intramolecular Hbond substituents is 1. The second-order valence-electron chi connectivity index (χ2n) is 8.62. The smallest absolute Gasteiger partial charge is 0.408 e. The van der Waals surface area contributed by atoms with E-state index in [1.165, 1.54) is 0 Å². The Morgan fingerprint density at radius 3 is 2.11 bits per heavy atom. The van der Waals surface area contributed by atoms with Crippen LogP contribution in [-0.2, 0) is 22.6 Å². The summed E-state index contributed by atoms with van der Waals surface area (Å²) < 4.78 is 5.29. The molecule has 0 saturated carbocycles. The summed E-state index contributed by atoms with van der Waals surface area (Å²) in [4.78, 5) is 25.2. The average Bonchev–Trinajstić information content (AvgIpc) is 2.89. The molecule has 0 saturated heterocycles. The van der Waals surface area contributed by atoms with Crippen LogP contribution < -0.4 is 27.0 Å². The van der Waals surface area contributed by atoms with Crippen molar-refractivity contribution in [2.24, 2.45) is 5.73 Å². The molecule has 0 fully saturated rings. The molecule has 2 rings (SSSR count). The van der Waals surface area contributed by atoms with Gasteiger partial charge in [0.05, 0.1) is 0 Å². The van der Waals surface area contributed by atoms with Crippen LogP contribution in [0.15, 0.2) is 54.6 Å². The van der Waals surface area contributed by atoms with E-state index in [-0.39, 0.29) is 24.7 Å². The first-order chi connectivity index (χ1) is 17.6. The molecule has 0 aromatic heterocycles. The molecule has 2 amide bonds. The zero-order valence-electron chi connectivity index (χ0n) is 21.0. The Morgan fingerprint density at radius 2 is 1.44 bits per heavy atom. The molecular formula is C27H41N5O4. The summed E-state index contributed by atoms with van der Waals surface area (Å²) >= 11 is 0. The van der Waals surface area contributed by atoms with Gasteiger partial charge in [-0.2, -0.15) is 0 Å². The van der Waals surface area contributed by atoms with Crippen LogP contribution in [0.2, 0.25) is 0 Å². The monoisotopic (exact) mass is 499 g/mol. The molecule has 0 heterocycles. The zero-order chi connectivity index (χ0) is 25.8. The van der Waals surface area contributed by atoms with E-state index in [2.05, 4.69) is 21.3 Å². The van der Waals surface area contributed by atoms with Crippen molar-refractivity contribution in [1.82, 2.24) is 21.3 Å². The van der Waals surface area contributed by atoms with Crippen LogP contribution in [0, 0.1) is 0 Å². The Balaban J connectivity index is 1.70. The molecule has 198 valence electrons. The van der Waals surface area contributed by atoms with E-state index in [0.29, 0.717) is 6.54 Å². The van der Waals surface area contributed by atoms with E-state index in [9.17, 15) is 14.7 Å². The van der Waals surface area contributed by atoms with Gasteiger partial charge in [-0.1, -0.05) is 42.5 Å². The molecule has 2 aromatic carbocycles. The van der Waals surface area contributed by atoms with Crippen LogP contribution in [0.4, 0.5) is 4.79 Å². The summed E-state index contributed by atoms with van der Waals surface area (Å²) in [5.41, 5.74) is 7.15. The Labute approximate surface area is 214 Å². The Morgan fingerprint density at radius 1 is 0.806 bits per heavy atom. The maximum Gasteiger partial charge on any atom is 0.408 e. The summed E-state index contributed by atoms with van der Waals surface area (Å²) in [7, 11) is 0. The van der Waals surface area contributed by atoms with Crippen LogP contribution in [0.5, 0.6) is 5.75 Å². The normalized spacial score (nSPS) is 11.6. The van der Waals surface area contributed by atoms with E-state index >= 15 is 0 Å². The topological polar surface area (TPSA) is 138 Å². The standard InChI is InChI=1S/C27H41N5O4/c28-14-6-17-29-15-4-5-16-30-18-7-19-31-26(34)25(20-22-10-12-24(33)13-11-22)32-27(35)36-21-23-8-2-1-3-9-23/h1-3,8-13,25,29-30,33H,4-7,14-21,28H2,(H,31,34)(H,32,35)/t25-/m0/s1. The van der Waals surface area contributed by atoms with Crippen molar-refractivity contribution in [1.29, 1.82) is 0 Å². The number of unbranched alkanes of at least 4 members (excludes halogenated alkanes) is 1. The highest BCUT2D eigenvalue weighted by Crippen LogP contribution is 2.12. The fourth-order valence-corrected chi connectivity index (χ4v) is 3.51. The fourth-order valence-electron chi connectivity index (χ4n) is 3.51. The van der Waals surface area contributed by atoms with Gasteiger partial charge in [0.25, 0.3) is 0 Å². The van der Waals surface area contributed by atoms with Crippen molar-refractivity contribution in [2.45, 2.75) is 44.8 Å². The molecule has 0 bridgehead atoms. The molecule has 0 spiro atoms. The van der Waals surface area contributed by atoms with Gasteiger partial charge in [-0.25, -0.2) is 4.79 Å². The van der Waals surface area contributed by atoms with E-state index in [1.54, 1.807) is 24.3 Å². The van der Waals surface area contributed by atoms with Gasteiger partial charge < -0.3 is 36.8 Å². The van der Waals surface area contributed by atoms with Crippen molar-refractivity contribution < 1.29 is 19.4 Å². The zero-order valence-corrected chi connectivity index (χ0v) is 21.0. The molecule has 0 radical (unpaired) electrons. The number of hydrogen-bond donors (Lipinski definition) is 6. The predicted molar refractivity (Wildman–Crippen MR) is 142 cm³/mol. The van der Waals surface area contributed by atoms with Gasteiger partial charge in [0.2, 0.25) is 5.91 Å². The number of benzene rings is 2. The van der Waals surface area contributed by atoms with Crippen molar-refractivity contribution in [3.8, 4) is 5.75 Å². The van der Waals surface area contributed by atoms with E-state index < -0.39 is 12.1 Å². The third-order valence-electron chi connectivity index (χ3n) is 5.54. The second kappa shape index (κ2) is 18.2. The number of rotatable bonds is 18. The molecule has 9 nitrogen and oxygen atoms in total. The van der Waals surface area contributed by atoms with Gasteiger partial charge >= 0.3 is 6.09 Å². The first-order valence-corrected chi connectivity index (χ1v) is 12.7. The third-order valence-corrected chi connectivity index (χ3v) is 5.54. The van der Waals surface area contributed by atoms with E-state index in [4.69, 9.17) is 10.5 Å². The minimum absolute atomic E-state index is 0.121. The summed E-state index contributed by atoms with van der Waals surface area (Å²) in [5.74, 6) is -0.131. The number of alkyl carbamates (subject to hydrolysis) is 1. The van der Waals surface area contributed by atoms with Gasteiger partial charge in [-0.15, -0.1) is 0 Å².